The van der Waals surface area contributed by atoms with Crippen LogP contribution in [-0.4, -0.2) is 13.7 Å². The van der Waals surface area contributed by atoms with Gasteiger partial charge in [-0.1, -0.05) is 22.9 Å². The molecule has 0 radical (unpaired) electrons. The van der Waals surface area contributed by atoms with Crippen molar-refractivity contribution in [2.45, 2.75) is 13.0 Å². The zero-order valence-electron chi connectivity index (χ0n) is 10.7. The van der Waals surface area contributed by atoms with E-state index in [4.69, 9.17) is 4.74 Å². The number of nitrogens with one attached hydrogen (secondary N) is 1. The van der Waals surface area contributed by atoms with Gasteiger partial charge in [0.2, 0.25) is 0 Å². The third-order valence-electron chi connectivity index (χ3n) is 2.83. The first-order valence-electron chi connectivity index (χ1n) is 5.96. The van der Waals surface area contributed by atoms with Crippen LogP contribution in [0.3, 0.4) is 0 Å². The molecule has 0 aliphatic heterocycles. The first-order chi connectivity index (χ1) is 9.15. The van der Waals surface area contributed by atoms with Crippen LogP contribution in [0.2, 0.25) is 0 Å². The summed E-state index contributed by atoms with van der Waals surface area (Å²) in [5, 5.41) is 5.74. The summed E-state index contributed by atoms with van der Waals surface area (Å²) in [6.07, 6.45) is 0. The van der Waals surface area contributed by atoms with Crippen LogP contribution >= 0.6 is 49.9 Å². The molecule has 0 aliphatic carbocycles. The van der Waals surface area contributed by atoms with E-state index in [-0.39, 0.29) is 6.04 Å². The van der Waals surface area contributed by atoms with Crippen LogP contribution in [0.25, 0.3) is 0 Å². The van der Waals surface area contributed by atoms with Crippen LogP contribution in [0.5, 0.6) is 5.75 Å². The van der Waals surface area contributed by atoms with Gasteiger partial charge in [-0.05, 0) is 64.3 Å². The zero-order valence-corrected chi connectivity index (χ0v) is 15.3. The first kappa shape index (κ1) is 15.3. The molecule has 5 heteroatoms. The van der Waals surface area contributed by atoms with Gasteiger partial charge in [0.25, 0.3) is 0 Å². The van der Waals surface area contributed by atoms with E-state index >= 15 is 0 Å². The standard InChI is InChI=1S/C14H15BrINOS/c1-3-17-14(9-6-13(16)19-8-9)11-7-10(15)4-5-12(11)18-2/h4-8,14,17H,3H2,1-2H3. The van der Waals surface area contributed by atoms with Crippen molar-refractivity contribution in [1.29, 1.82) is 0 Å². The molecule has 1 heterocycles. The summed E-state index contributed by atoms with van der Waals surface area (Å²) in [5.74, 6) is 0.912. The van der Waals surface area contributed by atoms with Gasteiger partial charge in [-0.2, -0.15) is 0 Å². The van der Waals surface area contributed by atoms with E-state index in [0.717, 1.165) is 22.3 Å². The van der Waals surface area contributed by atoms with E-state index in [1.807, 2.05) is 12.1 Å². The molecule has 19 heavy (non-hydrogen) atoms. The highest BCUT2D eigenvalue weighted by atomic mass is 127. The topological polar surface area (TPSA) is 21.3 Å². The number of halogens is 2. The Bertz CT molecular complexity index is 558. The molecule has 1 atom stereocenters. The Hall–Kier alpha value is -0.110. The third kappa shape index (κ3) is 3.71. The first-order valence-corrected chi connectivity index (χ1v) is 8.71. The Kier molecular flexibility index (Phi) is 5.68. The van der Waals surface area contributed by atoms with Crippen LogP contribution in [0.4, 0.5) is 0 Å². The second-order valence-corrected chi connectivity index (χ2v) is 7.78. The fraction of sp³-hybridized carbons (Fsp3) is 0.286. The van der Waals surface area contributed by atoms with E-state index in [0.29, 0.717) is 0 Å². The number of benzene rings is 1. The summed E-state index contributed by atoms with van der Waals surface area (Å²) in [4.78, 5) is 0. The molecule has 1 aromatic carbocycles. The van der Waals surface area contributed by atoms with E-state index in [2.05, 4.69) is 68.3 Å². The van der Waals surface area contributed by atoms with E-state index < -0.39 is 0 Å². The van der Waals surface area contributed by atoms with Crippen LogP contribution in [0.15, 0.2) is 34.1 Å². The van der Waals surface area contributed by atoms with Gasteiger partial charge in [0.05, 0.1) is 16.0 Å². The Morgan fingerprint density at radius 2 is 2.21 bits per heavy atom. The minimum Gasteiger partial charge on any atom is -0.496 e. The molecule has 2 rings (SSSR count). The van der Waals surface area contributed by atoms with Gasteiger partial charge in [-0.25, -0.2) is 0 Å². The number of thiophene rings is 1. The van der Waals surface area contributed by atoms with E-state index in [1.165, 1.54) is 8.45 Å². The predicted octanol–water partition coefficient (Wildman–Crippen LogP) is 4.82. The summed E-state index contributed by atoms with van der Waals surface area (Å²) < 4.78 is 7.86. The molecule has 2 nitrogen and oxygen atoms in total. The molecule has 102 valence electrons. The molecule has 0 aliphatic rings. The Balaban J connectivity index is 2.46. The minimum absolute atomic E-state index is 0.164. The Labute approximate surface area is 139 Å². The number of ether oxygens (including phenoxy) is 1. The highest BCUT2D eigenvalue weighted by Crippen LogP contribution is 2.34. The maximum Gasteiger partial charge on any atom is 0.124 e. The summed E-state index contributed by atoms with van der Waals surface area (Å²) in [6.45, 7) is 3.03. The van der Waals surface area contributed by atoms with Crippen molar-refractivity contribution >= 4 is 49.9 Å². The fourth-order valence-electron chi connectivity index (χ4n) is 2.02. The largest absolute Gasteiger partial charge is 0.496 e. The van der Waals surface area contributed by atoms with Gasteiger partial charge >= 0.3 is 0 Å². The van der Waals surface area contributed by atoms with Crippen molar-refractivity contribution < 1.29 is 4.74 Å². The number of hydrogen-bond acceptors (Lipinski definition) is 3. The van der Waals surface area contributed by atoms with Crippen molar-refractivity contribution in [3.63, 3.8) is 0 Å². The maximum atomic E-state index is 5.50. The van der Waals surface area contributed by atoms with Gasteiger partial charge < -0.3 is 10.1 Å². The molecular formula is C14H15BrINOS. The van der Waals surface area contributed by atoms with Gasteiger partial charge in [0, 0.05) is 10.0 Å². The second-order valence-electron chi connectivity index (χ2n) is 4.06. The SMILES string of the molecule is CCNC(c1csc(I)c1)c1cc(Br)ccc1OC. The lowest BCUT2D eigenvalue weighted by molar-refractivity contribution is 0.404. The highest BCUT2D eigenvalue weighted by molar-refractivity contribution is 14.1. The summed E-state index contributed by atoms with van der Waals surface area (Å²) in [5.41, 5.74) is 2.44. The molecule has 2 aromatic rings. The molecule has 1 unspecified atom stereocenters. The number of methoxy groups -OCH3 is 1. The van der Waals surface area contributed by atoms with Crippen LogP contribution in [0, 0.1) is 2.88 Å². The van der Waals surface area contributed by atoms with Gasteiger partial charge in [0.15, 0.2) is 0 Å². The summed E-state index contributed by atoms with van der Waals surface area (Å²) in [7, 11) is 1.72. The summed E-state index contributed by atoms with van der Waals surface area (Å²) in [6, 6.07) is 8.51. The van der Waals surface area contributed by atoms with Crippen LogP contribution < -0.4 is 10.1 Å². The lowest BCUT2D eigenvalue weighted by atomic mass is 10.0. The van der Waals surface area contributed by atoms with Crippen LogP contribution in [-0.2, 0) is 0 Å². The molecule has 0 bridgehead atoms. The molecule has 1 N–H and O–H groups in total. The normalized spacial score (nSPS) is 12.4. The predicted molar refractivity (Wildman–Crippen MR) is 93.2 cm³/mol. The van der Waals surface area contributed by atoms with Gasteiger partial charge in [-0.3, -0.25) is 0 Å². The smallest absolute Gasteiger partial charge is 0.124 e. The van der Waals surface area contributed by atoms with Gasteiger partial charge in [0.1, 0.15) is 5.75 Å². The van der Waals surface area contributed by atoms with E-state index in [9.17, 15) is 0 Å². The van der Waals surface area contributed by atoms with Crippen molar-refractivity contribution in [3.05, 3.63) is 48.1 Å². The molecule has 0 saturated heterocycles. The maximum absolute atomic E-state index is 5.50. The average Bonchev–Trinajstić information content (AvgIpc) is 2.82. The fourth-order valence-corrected chi connectivity index (χ4v) is 3.79. The summed E-state index contributed by atoms with van der Waals surface area (Å²) >= 11 is 7.66. The zero-order chi connectivity index (χ0) is 13.8. The molecule has 0 amide bonds. The second kappa shape index (κ2) is 7.06. The van der Waals surface area contributed by atoms with E-state index in [1.54, 1.807) is 18.4 Å². The number of hydrogen-bond donors (Lipinski definition) is 1. The van der Waals surface area contributed by atoms with Gasteiger partial charge in [-0.15, -0.1) is 11.3 Å². The third-order valence-corrected chi connectivity index (χ3v) is 5.13. The van der Waals surface area contributed by atoms with Crippen molar-refractivity contribution in [2.75, 3.05) is 13.7 Å². The minimum atomic E-state index is 0.164. The Morgan fingerprint density at radius 3 is 2.79 bits per heavy atom. The molecule has 0 saturated carbocycles. The number of rotatable bonds is 5. The molecule has 0 fully saturated rings. The molecular weight excluding hydrogens is 437 g/mol. The lowest BCUT2D eigenvalue weighted by Crippen LogP contribution is -2.22. The molecule has 0 spiro atoms. The quantitative estimate of drug-likeness (QED) is 0.658. The van der Waals surface area contributed by atoms with Crippen LogP contribution in [0.1, 0.15) is 24.1 Å². The van der Waals surface area contributed by atoms with Crippen molar-refractivity contribution in [1.82, 2.24) is 5.32 Å². The van der Waals surface area contributed by atoms with Crippen molar-refractivity contribution in [3.8, 4) is 5.75 Å². The lowest BCUT2D eigenvalue weighted by Gasteiger charge is -2.20. The van der Waals surface area contributed by atoms with Crippen molar-refractivity contribution in [2.24, 2.45) is 0 Å². The molecule has 1 aromatic heterocycles. The highest BCUT2D eigenvalue weighted by Gasteiger charge is 2.18. The monoisotopic (exact) mass is 451 g/mol. The average molecular weight is 452 g/mol. The Morgan fingerprint density at radius 1 is 1.42 bits per heavy atom.